The third-order valence-corrected chi connectivity index (χ3v) is 3.38. The molecule has 0 fully saturated rings. The number of aryl methyl sites for hydroxylation is 1. The molecule has 0 unspecified atom stereocenters. The van der Waals surface area contributed by atoms with Gasteiger partial charge in [0, 0.05) is 10.6 Å². The van der Waals surface area contributed by atoms with Crippen LogP contribution in [-0.4, -0.2) is 18.4 Å². The van der Waals surface area contributed by atoms with Crippen LogP contribution in [0.15, 0.2) is 53.6 Å². The molecule has 0 saturated heterocycles. The number of hydrazone groups is 1. The highest BCUT2D eigenvalue weighted by molar-refractivity contribution is 6.30. The largest absolute Gasteiger partial charge is 0.466 e. The molecule has 1 aliphatic rings. The van der Waals surface area contributed by atoms with Crippen molar-refractivity contribution in [3.63, 3.8) is 0 Å². The zero-order valence-corrected chi connectivity index (χ0v) is 12.2. The molecule has 0 atom stereocenters. The first-order valence-corrected chi connectivity index (χ1v) is 6.88. The fraction of sp³-hybridized carbons (Fsp3) is 0.125. The summed E-state index contributed by atoms with van der Waals surface area (Å²) in [4.78, 5) is 12.0. The smallest absolute Gasteiger partial charge is 0.285 e. The molecule has 1 heterocycles. The Balaban J connectivity index is 1.96. The molecule has 1 aliphatic heterocycles. The number of anilines is 1. The van der Waals surface area contributed by atoms with Gasteiger partial charge in [-0.05, 0) is 43.3 Å². The van der Waals surface area contributed by atoms with Crippen molar-refractivity contribution in [1.29, 1.82) is 0 Å². The van der Waals surface area contributed by atoms with Gasteiger partial charge in [-0.1, -0.05) is 29.3 Å². The van der Waals surface area contributed by atoms with Crippen molar-refractivity contribution in [3.05, 3.63) is 64.7 Å². The molecule has 0 aromatic heterocycles. The summed E-state index contributed by atoms with van der Waals surface area (Å²) >= 11 is 5.87. The highest BCUT2D eigenvalue weighted by Gasteiger charge is 2.23. The van der Waals surface area contributed by atoms with Gasteiger partial charge < -0.3 is 4.74 Å². The first-order chi connectivity index (χ1) is 10.1. The van der Waals surface area contributed by atoms with E-state index in [0.717, 1.165) is 16.8 Å². The Morgan fingerprint density at radius 1 is 1.10 bits per heavy atom. The molecule has 0 radical (unpaired) electrons. The summed E-state index contributed by atoms with van der Waals surface area (Å²) in [6.07, 6.45) is 0. The summed E-state index contributed by atoms with van der Waals surface area (Å²) in [5.41, 5.74) is 2.63. The van der Waals surface area contributed by atoms with E-state index < -0.39 is 0 Å². The third-order valence-electron chi connectivity index (χ3n) is 3.13. The van der Waals surface area contributed by atoms with Gasteiger partial charge >= 0.3 is 0 Å². The van der Waals surface area contributed by atoms with Crippen molar-refractivity contribution in [3.8, 4) is 0 Å². The number of halogens is 1. The van der Waals surface area contributed by atoms with Crippen LogP contribution < -0.4 is 5.01 Å². The van der Waals surface area contributed by atoms with Crippen molar-refractivity contribution >= 4 is 29.1 Å². The maximum atomic E-state index is 12.0. The molecule has 0 N–H and O–H groups in total. The van der Waals surface area contributed by atoms with Crippen LogP contribution in [0.3, 0.4) is 0 Å². The topological polar surface area (TPSA) is 41.9 Å². The summed E-state index contributed by atoms with van der Waals surface area (Å²) in [6, 6.07) is 14.7. The van der Waals surface area contributed by atoms with Crippen LogP contribution in [0.2, 0.25) is 5.02 Å². The quantitative estimate of drug-likeness (QED) is 0.853. The highest BCUT2D eigenvalue weighted by Crippen LogP contribution is 2.20. The van der Waals surface area contributed by atoms with Gasteiger partial charge in [-0.15, -0.1) is 5.10 Å². The van der Waals surface area contributed by atoms with E-state index in [-0.39, 0.29) is 12.5 Å². The SMILES string of the molecule is Cc1ccc(N2N=C(c3ccc(Cl)cc3)OCC2=O)cc1. The van der Waals surface area contributed by atoms with E-state index in [1.807, 2.05) is 43.3 Å². The van der Waals surface area contributed by atoms with E-state index >= 15 is 0 Å². The van der Waals surface area contributed by atoms with Crippen LogP contribution in [0.4, 0.5) is 5.69 Å². The molecule has 106 valence electrons. The standard InChI is InChI=1S/C16H13ClN2O2/c1-11-2-8-14(9-3-11)19-15(20)10-21-16(18-19)12-4-6-13(17)7-5-12/h2-9H,10H2,1H3. The molecule has 3 rings (SSSR count). The van der Waals surface area contributed by atoms with Crippen molar-refractivity contribution in [2.75, 3.05) is 11.6 Å². The summed E-state index contributed by atoms with van der Waals surface area (Å²) in [5.74, 6) is 0.211. The van der Waals surface area contributed by atoms with Gasteiger partial charge in [0.05, 0.1) is 5.69 Å². The number of rotatable bonds is 2. The normalized spacial score (nSPS) is 14.7. The minimum Gasteiger partial charge on any atom is -0.466 e. The molecule has 21 heavy (non-hydrogen) atoms. The van der Waals surface area contributed by atoms with E-state index in [4.69, 9.17) is 16.3 Å². The van der Waals surface area contributed by atoms with E-state index in [1.54, 1.807) is 12.1 Å². The van der Waals surface area contributed by atoms with Gasteiger partial charge in [-0.2, -0.15) is 5.01 Å². The van der Waals surface area contributed by atoms with Gasteiger partial charge in [0.1, 0.15) is 0 Å². The van der Waals surface area contributed by atoms with Crippen LogP contribution in [-0.2, 0) is 9.53 Å². The van der Waals surface area contributed by atoms with Crippen LogP contribution >= 0.6 is 11.6 Å². The van der Waals surface area contributed by atoms with Gasteiger partial charge in [0.2, 0.25) is 5.90 Å². The average molecular weight is 301 g/mol. The molecule has 0 saturated carbocycles. The van der Waals surface area contributed by atoms with Crippen molar-refractivity contribution in [2.24, 2.45) is 5.10 Å². The van der Waals surface area contributed by atoms with E-state index in [0.29, 0.717) is 10.9 Å². The predicted molar refractivity (Wildman–Crippen MR) is 82.6 cm³/mol. The van der Waals surface area contributed by atoms with Gasteiger partial charge in [-0.3, -0.25) is 4.79 Å². The fourth-order valence-electron chi connectivity index (χ4n) is 1.99. The lowest BCUT2D eigenvalue weighted by Gasteiger charge is -2.24. The number of nitrogens with zero attached hydrogens (tertiary/aromatic N) is 2. The summed E-state index contributed by atoms with van der Waals surface area (Å²) in [6.45, 7) is 1.96. The fourth-order valence-corrected chi connectivity index (χ4v) is 2.11. The Kier molecular flexibility index (Phi) is 3.62. The Hall–Kier alpha value is -2.33. The number of ether oxygens (including phenoxy) is 1. The summed E-state index contributed by atoms with van der Waals surface area (Å²) in [7, 11) is 0. The molecule has 2 aromatic carbocycles. The Morgan fingerprint density at radius 2 is 1.76 bits per heavy atom. The number of benzene rings is 2. The number of carbonyl (C=O) groups is 1. The second-order valence-electron chi connectivity index (χ2n) is 4.74. The zero-order chi connectivity index (χ0) is 14.8. The molecular weight excluding hydrogens is 288 g/mol. The highest BCUT2D eigenvalue weighted by atomic mass is 35.5. The van der Waals surface area contributed by atoms with Crippen LogP contribution in [0.1, 0.15) is 11.1 Å². The zero-order valence-electron chi connectivity index (χ0n) is 11.4. The monoisotopic (exact) mass is 300 g/mol. The Morgan fingerprint density at radius 3 is 2.43 bits per heavy atom. The van der Waals surface area contributed by atoms with E-state index in [2.05, 4.69) is 5.10 Å². The van der Waals surface area contributed by atoms with Crippen molar-refractivity contribution in [2.45, 2.75) is 6.92 Å². The molecule has 4 nitrogen and oxygen atoms in total. The first kappa shape index (κ1) is 13.6. The van der Waals surface area contributed by atoms with Crippen LogP contribution in [0.5, 0.6) is 0 Å². The van der Waals surface area contributed by atoms with E-state index in [9.17, 15) is 4.79 Å². The van der Waals surface area contributed by atoms with Crippen molar-refractivity contribution < 1.29 is 9.53 Å². The Labute approximate surface area is 127 Å². The maximum Gasteiger partial charge on any atom is 0.285 e. The second-order valence-corrected chi connectivity index (χ2v) is 5.18. The molecule has 0 aliphatic carbocycles. The summed E-state index contributed by atoms with van der Waals surface area (Å²) < 4.78 is 5.41. The molecule has 0 bridgehead atoms. The third kappa shape index (κ3) is 2.90. The van der Waals surface area contributed by atoms with Gasteiger partial charge in [-0.25, -0.2) is 0 Å². The maximum absolute atomic E-state index is 12.0. The molecular formula is C16H13ClN2O2. The lowest BCUT2D eigenvalue weighted by atomic mass is 10.2. The number of carbonyl (C=O) groups excluding carboxylic acids is 1. The van der Waals surface area contributed by atoms with Gasteiger partial charge in [0.15, 0.2) is 6.61 Å². The predicted octanol–water partition coefficient (Wildman–Crippen LogP) is 3.37. The molecule has 5 heteroatoms. The minimum atomic E-state index is -0.198. The first-order valence-electron chi connectivity index (χ1n) is 6.50. The number of hydrogen-bond donors (Lipinski definition) is 0. The molecule has 0 spiro atoms. The van der Waals surface area contributed by atoms with Crippen molar-refractivity contribution in [1.82, 2.24) is 0 Å². The molecule has 1 amide bonds. The van der Waals surface area contributed by atoms with Crippen LogP contribution in [0, 0.1) is 6.92 Å². The van der Waals surface area contributed by atoms with E-state index in [1.165, 1.54) is 5.01 Å². The number of hydrogen-bond acceptors (Lipinski definition) is 3. The average Bonchev–Trinajstić information content (AvgIpc) is 2.50. The Bertz CT molecular complexity index is 693. The van der Waals surface area contributed by atoms with Crippen LogP contribution in [0.25, 0.3) is 0 Å². The minimum absolute atomic E-state index is 0.0324. The molecule has 2 aromatic rings. The lowest BCUT2D eigenvalue weighted by molar-refractivity contribution is -0.121. The lowest BCUT2D eigenvalue weighted by Crippen LogP contribution is -2.36. The number of amides is 1. The second kappa shape index (κ2) is 5.58. The van der Waals surface area contributed by atoms with Gasteiger partial charge in [0.25, 0.3) is 5.91 Å². The summed E-state index contributed by atoms with van der Waals surface area (Å²) in [5, 5.41) is 6.31.